The van der Waals surface area contributed by atoms with Crippen molar-refractivity contribution in [3.63, 3.8) is 0 Å². The molecular weight excluding hydrogens is 232 g/mol. The quantitative estimate of drug-likeness (QED) is 0.837. The fourth-order valence-electron chi connectivity index (χ4n) is 3.12. The Labute approximate surface area is 118 Å². The zero-order chi connectivity index (χ0) is 13.8. The van der Waals surface area contributed by atoms with E-state index in [0.29, 0.717) is 0 Å². The molecule has 2 nitrogen and oxygen atoms in total. The lowest BCUT2D eigenvalue weighted by molar-refractivity contribution is 0.265. The van der Waals surface area contributed by atoms with E-state index in [4.69, 9.17) is 5.73 Å². The summed E-state index contributed by atoms with van der Waals surface area (Å²) < 4.78 is 0. The molecule has 1 aliphatic heterocycles. The van der Waals surface area contributed by atoms with Crippen LogP contribution >= 0.6 is 0 Å². The normalized spacial score (nSPS) is 21.6. The van der Waals surface area contributed by atoms with Crippen molar-refractivity contribution >= 4 is 5.69 Å². The predicted molar refractivity (Wildman–Crippen MR) is 83.0 cm³/mol. The van der Waals surface area contributed by atoms with E-state index < -0.39 is 0 Å². The van der Waals surface area contributed by atoms with E-state index in [-0.39, 0.29) is 0 Å². The largest absolute Gasteiger partial charge is 0.398 e. The highest BCUT2D eigenvalue weighted by Gasteiger charge is 2.19. The lowest BCUT2D eigenvalue weighted by Gasteiger charge is -2.22. The van der Waals surface area contributed by atoms with Gasteiger partial charge in [-0.3, -0.25) is 4.90 Å². The molecule has 1 fully saturated rings. The van der Waals surface area contributed by atoms with Gasteiger partial charge in [0.05, 0.1) is 0 Å². The third-order valence-electron chi connectivity index (χ3n) is 4.50. The monoisotopic (exact) mass is 260 g/mol. The first kappa shape index (κ1) is 14.4. The van der Waals surface area contributed by atoms with Crippen molar-refractivity contribution in [1.82, 2.24) is 4.90 Å². The SMILES string of the molecule is Cc1ccc(N)c(CN2CCCC(C(C)C)CC2)c1. The van der Waals surface area contributed by atoms with Gasteiger partial charge in [0.2, 0.25) is 0 Å². The second kappa shape index (κ2) is 6.42. The molecule has 2 heteroatoms. The zero-order valence-corrected chi connectivity index (χ0v) is 12.7. The molecule has 1 heterocycles. The molecule has 19 heavy (non-hydrogen) atoms. The average molecular weight is 260 g/mol. The van der Waals surface area contributed by atoms with Gasteiger partial charge >= 0.3 is 0 Å². The van der Waals surface area contributed by atoms with Gasteiger partial charge in [0.15, 0.2) is 0 Å². The first-order valence-corrected chi connectivity index (χ1v) is 7.63. The number of likely N-dealkylation sites (tertiary alicyclic amines) is 1. The Kier molecular flexibility index (Phi) is 4.87. The maximum Gasteiger partial charge on any atom is 0.0359 e. The highest BCUT2D eigenvalue weighted by atomic mass is 15.1. The number of anilines is 1. The van der Waals surface area contributed by atoms with E-state index in [1.165, 1.54) is 43.5 Å². The molecule has 1 atom stereocenters. The van der Waals surface area contributed by atoms with E-state index in [2.05, 4.69) is 37.8 Å². The number of nitrogens with two attached hydrogens (primary N) is 1. The van der Waals surface area contributed by atoms with Crippen LogP contribution in [-0.2, 0) is 6.54 Å². The molecule has 0 spiro atoms. The molecule has 2 rings (SSSR count). The molecule has 0 amide bonds. The molecule has 0 aromatic heterocycles. The van der Waals surface area contributed by atoms with E-state index in [1.54, 1.807) is 0 Å². The van der Waals surface area contributed by atoms with Crippen LogP contribution in [0.1, 0.15) is 44.2 Å². The number of rotatable bonds is 3. The minimum atomic E-state index is 0.823. The second-order valence-electron chi connectivity index (χ2n) is 6.41. The van der Waals surface area contributed by atoms with Crippen LogP contribution in [-0.4, -0.2) is 18.0 Å². The fraction of sp³-hybridized carbons (Fsp3) is 0.647. The molecule has 2 N–H and O–H groups in total. The van der Waals surface area contributed by atoms with Crippen LogP contribution in [0.3, 0.4) is 0 Å². The van der Waals surface area contributed by atoms with E-state index in [9.17, 15) is 0 Å². The topological polar surface area (TPSA) is 29.3 Å². The van der Waals surface area contributed by atoms with Gasteiger partial charge in [-0.15, -0.1) is 0 Å². The molecule has 0 saturated carbocycles. The maximum atomic E-state index is 6.09. The highest BCUT2D eigenvalue weighted by molar-refractivity contribution is 5.48. The Bertz CT molecular complexity index is 412. The molecule has 0 bridgehead atoms. The van der Waals surface area contributed by atoms with Gasteiger partial charge in [0.1, 0.15) is 0 Å². The number of nitrogens with zero attached hydrogens (tertiary/aromatic N) is 1. The number of aryl methyl sites for hydroxylation is 1. The minimum absolute atomic E-state index is 0.823. The van der Waals surface area contributed by atoms with Crippen LogP contribution in [0.25, 0.3) is 0 Å². The summed E-state index contributed by atoms with van der Waals surface area (Å²) in [5.41, 5.74) is 9.63. The van der Waals surface area contributed by atoms with Crippen molar-refractivity contribution < 1.29 is 0 Å². The van der Waals surface area contributed by atoms with Crippen molar-refractivity contribution in [3.05, 3.63) is 29.3 Å². The van der Waals surface area contributed by atoms with Gasteiger partial charge in [-0.05, 0) is 62.7 Å². The Morgan fingerprint density at radius 3 is 2.79 bits per heavy atom. The van der Waals surface area contributed by atoms with Crippen molar-refractivity contribution in [2.45, 2.75) is 46.6 Å². The molecule has 0 radical (unpaired) electrons. The fourth-order valence-corrected chi connectivity index (χ4v) is 3.12. The van der Waals surface area contributed by atoms with Crippen LogP contribution in [0.2, 0.25) is 0 Å². The zero-order valence-electron chi connectivity index (χ0n) is 12.7. The molecule has 1 aliphatic rings. The molecular formula is C17H28N2. The van der Waals surface area contributed by atoms with Crippen LogP contribution in [0, 0.1) is 18.8 Å². The first-order valence-electron chi connectivity index (χ1n) is 7.63. The van der Waals surface area contributed by atoms with Gasteiger partial charge in [0, 0.05) is 12.2 Å². The Hall–Kier alpha value is -1.02. The average Bonchev–Trinajstić information content (AvgIpc) is 2.59. The van der Waals surface area contributed by atoms with Crippen molar-refractivity contribution in [1.29, 1.82) is 0 Å². The first-order chi connectivity index (χ1) is 9.06. The van der Waals surface area contributed by atoms with Gasteiger partial charge in [0.25, 0.3) is 0 Å². The van der Waals surface area contributed by atoms with Crippen LogP contribution in [0.5, 0.6) is 0 Å². The highest BCUT2D eigenvalue weighted by Crippen LogP contribution is 2.26. The third-order valence-corrected chi connectivity index (χ3v) is 4.50. The van der Waals surface area contributed by atoms with Crippen LogP contribution in [0.4, 0.5) is 5.69 Å². The van der Waals surface area contributed by atoms with Gasteiger partial charge in [-0.1, -0.05) is 31.5 Å². The van der Waals surface area contributed by atoms with Gasteiger partial charge in [-0.2, -0.15) is 0 Å². The van der Waals surface area contributed by atoms with Crippen LogP contribution in [0.15, 0.2) is 18.2 Å². The maximum absolute atomic E-state index is 6.09. The summed E-state index contributed by atoms with van der Waals surface area (Å²) >= 11 is 0. The minimum Gasteiger partial charge on any atom is -0.398 e. The molecule has 106 valence electrons. The summed E-state index contributed by atoms with van der Waals surface area (Å²) in [4.78, 5) is 2.58. The third kappa shape index (κ3) is 3.97. The lowest BCUT2D eigenvalue weighted by atomic mass is 9.89. The summed E-state index contributed by atoms with van der Waals surface area (Å²) in [6.07, 6.45) is 4.05. The summed E-state index contributed by atoms with van der Waals surface area (Å²) in [5.74, 6) is 1.73. The predicted octanol–water partition coefficient (Wildman–Crippen LogP) is 3.84. The standard InChI is InChI=1S/C17H28N2/c1-13(2)15-5-4-9-19(10-8-15)12-16-11-14(3)6-7-17(16)18/h6-7,11,13,15H,4-5,8-10,12,18H2,1-3H3. The second-order valence-corrected chi connectivity index (χ2v) is 6.41. The number of nitrogen functional groups attached to an aromatic ring is 1. The summed E-state index contributed by atoms with van der Waals surface area (Å²) in [5, 5.41) is 0. The molecule has 1 unspecified atom stereocenters. The van der Waals surface area contributed by atoms with Crippen molar-refractivity contribution in [3.8, 4) is 0 Å². The smallest absolute Gasteiger partial charge is 0.0359 e. The van der Waals surface area contributed by atoms with Crippen molar-refractivity contribution in [2.24, 2.45) is 11.8 Å². The molecule has 1 aromatic carbocycles. The van der Waals surface area contributed by atoms with Crippen molar-refractivity contribution in [2.75, 3.05) is 18.8 Å². The molecule has 1 aromatic rings. The Balaban J connectivity index is 1.98. The van der Waals surface area contributed by atoms with Crippen LogP contribution < -0.4 is 5.73 Å². The van der Waals surface area contributed by atoms with Gasteiger partial charge < -0.3 is 5.73 Å². The number of hydrogen-bond donors (Lipinski definition) is 1. The number of benzene rings is 1. The lowest BCUT2D eigenvalue weighted by Crippen LogP contribution is -2.25. The van der Waals surface area contributed by atoms with E-state index in [1.807, 2.05) is 6.07 Å². The number of hydrogen-bond acceptors (Lipinski definition) is 2. The Morgan fingerprint density at radius 1 is 1.26 bits per heavy atom. The Morgan fingerprint density at radius 2 is 2.05 bits per heavy atom. The summed E-state index contributed by atoms with van der Waals surface area (Å²) in [6, 6.07) is 6.37. The van der Waals surface area contributed by atoms with E-state index >= 15 is 0 Å². The molecule has 1 saturated heterocycles. The van der Waals surface area contributed by atoms with Gasteiger partial charge in [-0.25, -0.2) is 0 Å². The van der Waals surface area contributed by atoms with E-state index in [0.717, 1.165) is 24.1 Å². The summed E-state index contributed by atoms with van der Waals surface area (Å²) in [7, 11) is 0. The summed E-state index contributed by atoms with van der Waals surface area (Å²) in [6.45, 7) is 10.3. The molecule has 0 aliphatic carbocycles.